The molecule has 3 heterocycles. The Morgan fingerprint density at radius 3 is 2.73 bits per heavy atom. The lowest BCUT2D eigenvalue weighted by Gasteiger charge is -2.27. The number of ether oxygens (including phenoxy) is 1. The van der Waals surface area contributed by atoms with Gasteiger partial charge in [0, 0.05) is 17.0 Å². The van der Waals surface area contributed by atoms with Gasteiger partial charge in [-0.3, -0.25) is 15.0 Å². The number of nitro groups is 1. The first-order valence-electron chi connectivity index (χ1n) is 8.68. The van der Waals surface area contributed by atoms with E-state index < -0.39 is 16.6 Å². The molecule has 0 aliphatic heterocycles. The number of fused-ring (bicyclic) bond motifs is 1. The van der Waals surface area contributed by atoms with E-state index in [0.717, 1.165) is 11.1 Å². The molecule has 0 aliphatic carbocycles. The topological polar surface area (TPSA) is 85.6 Å². The molecule has 0 aromatic carbocycles. The first-order valence-corrected chi connectivity index (χ1v) is 11.1. The molecule has 30 heavy (non-hydrogen) atoms. The third kappa shape index (κ3) is 5.28. The van der Waals surface area contributed by atoms with Gasteiger partial charge in [0.15, 0.2) is 0 Å². The Bertz CT molecular complexity index is 1120. The summed E-state index contributed by atoms with van der Waals surface area (Å²) in [4.78, 5) is 30.3. The summed E-state index contributed by atoms with van der Waals surface area (Å²) in [6, 6.07) is 5.37. The van der Waals surface area contributed by atoms with Gasteiger partial charge in [-0.25, -0.2) is 9.78 Å². The number of anilines is 1. The van der Waals surface area contributed by atoms with Crippen molar-refractivity contribution >= 4 is 73.9 Å². The number of thiophene rings is 2. The van der Waals surface area contributed by atoms with Crippen molar-refractivity contribution < 1.29 is 14.5 Å². The van der Waals surface area contributed by atoms with Gasteiger partial charge in [-0.2, -0.15) is 0 Å². The van der Waals surface area contributed by atoms with Crippen molar-refractivity contribution in [3.63, 3.8) is 0 Å². The maximum Gasteiger partial charge on any atom is 0.415 e. The van der Waals surface area contributed by atoms with Gasteiger partial charge in [0.05, 0.1) is 31.8 Å². The van der Waals surface area contributed by atoms with E-state index in [1.807, 2.05) is 17.5 Å². The molecule has 0 atom stereocenters. The van der Waals surface area contributed by atoms with Crippen LogP contribution in [0.3, 0.4) is 0 Å². The minimum Gasteiger partial charge on any atom is -0.443 e. The molecular formula is C19H17Cl2N3O4S2. The van der Waals surface area contributed by atoms with Crippen molar-refractivity contribution in [2.45, 2.75) is 32.9 Å². The lowest BCUT2D eigenvalue weighted by molar-refractivity contribution is -0.400. The van der Waals surface area contributed by atoms with Crippen LogP contribution in [0.4, 0.5) is 10.5 Å². The SMILES string of the molecule is CC(C)(C)OC(=O)N(Cc1cccs1)c1cc(Cl)nc2c(Cl)c(/C=C/[N+](=O)[O-])sc12. The number of halogens is 2. The van der Waals surface area contributed by atoms with Crippen molar-refractivity contribution in [2.24, 2.45) is 0 Å². The third-order valence-corrected chi connectivity index (χ3v) is 6.42. The van der Waals surface area contributed by atoms with Crippen molar-refractivity contribution in [3.8, 4) is 0 Å². The zero-order valence-corrected chi connectivity index (χ0v) is 19.4. The molecule has 0 bridgehead atoms. The maximum absolute atomic E-state index is 13.1. The Morgan fingerprint density at radius 1 is 1.40 bits per heavy atom. The molecule has 0 aliphatic rings. The van der Waals surface area contributed by atoms with Gasteiger partial charge < -0.3 is 4.74 Å². The standard InChI is InChI=1S/C19H17Cl2N3O4S2/c1-19(2,3)28-18(25)23(10-11-5-4-8-29-11)12-9-14(20)22-16-15(21)13(30-17(12)16)6-7-24(26)27/h4-9H,10H2,1-3H3/b7-6+. The molecule has 3 rings (SSSR count). The number of hydrogen-bond donors (Lipinski definition) is 0. The second-order valence-corrected chi connectivity index (χ2v) is 10.0. The van der Waals surface area contributed by atoms with Gasteiger partial charge in [-0.1, -0.05) is 29.3 Å². The molecule has 11 heteroatoms. The zero-order valence-electron chi connectivity index (χ0n) is 16.2. The molecule has 1 amide bonds. The molecule has 0 radical (unpaired) electrons. The lowest BCUT2D eigenvalue weighted by atomic mass is 10.2. The average Bonchev–Trinajstić information content (AvgIpc) is 3.24. The van der Waals surface area contributed by atoms with Crippen LogP contribution < -0.4 is 4.90 Å². The van der Waals surface area contributed by atoms with Gasteiger partial charge in [-0.15, -0.1) is 22.7 Å². The van der Waals surface area contributed by atoms with Gasteiger partial charge in [0.1, 0.15) is 16.3 Å². The Balaban J connectivity index is 2.16. The van der Waals surface area contributed by atoms with Crippen LogP contribution in [0.2, 0.25) is 10.2 Å². The van der Waals surface area contributed by atoms with Crippen LogP contribution >= 0.6 is 45.9 Å². The number of aromatic nitrogens is 1. The summed E-state index contributed by atoms with van der Waals surface area (Å²) >= 11 is 15.3. The van der Waals surface area contributed by atoms with Gasteiger partial charge in [0.25, 0.3) is 0 Å². The van der Waals surface area contributed by atoms with E-state index in [2.05, 4.69) is 4.98 Å². The van der Waals surface area contributed by atoms with Crippen LogP contribution in [0.25, 0.3) is 16.3 Å². The molecule has 0 N–H and O–H groups in total. The average molecular weight is 486 g/mol. The quantitative estimate of drug-likeness (QED) is 0.224. The zero-order chi connectivity index (χ0) is 22.1. The monoisotopic (exact) mass is 485 g/mol. The highest BCUT2D eigenvalue weighted by Gasteiger charge is 2.27. The molecule has 3 aromatic rings. The highest BCUT2D eigenvalue weighted by Crippen LogP contribution is 2.42. The normalized spacial score (nSPS) is 11.9. The molecule has 7 nitrogen and oxygen atoms in total. The van der Waals surface area contributed by atoms with Gasteiger partial charge >= 0.3 is 6.09 Å². The fourth-order valence-corrected chi connectivity index (χ4v) is 4.88. The third-order valence-electron chi connectivity index (χ3n) is 3.70. The molecule has 3 aromatic heterocycles. The second kappa shape index (κ2) is 8.89. The maximum atomic E-state index is 13.1. The fraction of sp³-hybridized carbons (Fsp3) is 0.263. The molecular weight excluding hydrogens is 469 g/mol. The van der Waals surface area contributed by atoms with E-state index >= 15 is 0 Å². The Kier molecular flexibility index (Phi) is 6.66. The van der Waals surface area contributed by atoms with E-state index in [4.69, 9.17) is 27.9 Å². The van der Waals surface area contributed by atoms with Crippen molar-refractivity contribution in [1.29, 1.82) is 0 Å². The lowest BCUT2D eigenvalue weighted by Crippen LogP contribution is -2.36. The largest absolute Gasteiger partial charge is 0.443 e. The Morgan fingerprint density at radius 2 is 2.13 bits per heavy atom. The summed E-state index contributed by atoms with van der Waals surface area (Å²) in [7, 11) is 0. The van der Waals surface area contributed by atoms with Gasteiger partial charge in [-0.05, 0) is 32.2 Å². The molecule has 0 saturated heterocycles. The van der Waals surface area contributed by atoms with E-state index in [0.29, 0.717) is 20.8 Å². The number of rotatable bonds is 5. The summed E-state index contributed by atoms with van der Waals surface area (Å²) in [5, 5.41) is 13.0. The summed E-state index contributed by atoms with van der Waals surface area (Å²) < 4.78 is 6.18. The fourth-order valence-electron chi connectivity index (χ4n) is 2.57. The Labute approximate surface area is 190 Å². The minimum absolute atomic E-state index is 0.141. The van der Waals surface area contributed by atoms with E-state index in [9.17, 15) is 14.9 Å². The number of amides is 1. The van der Waals surface area contributed by atoms with E-state index in [1.165, 1.54) is 33.6 Å². The highest BCUT2D eigenvalue weighted by atomic mass is 35.5. The summed E-state index contributed by atoms with van der Waals surface area (Å²) in [5.41, 5.74) is 0.139. The molecule has 158 valence electrons. The predicted molar refractivity (Wildman–Crippen MR) is 122 cm³/mol. The first-order chi connectivity index (χ1) is 14.0. The van der Waals surface area contributed by atoms with Crippen LogP contribution in [0.15, 0.2) is 29.8 Å². The van der Waals surface area contributed by atoms with Crippen LogP contribution in [-0.2, 0) is 11.3 Å². The summed E-state index contributed by atoms with van der Waals surface area (Å²) in [5.74, 6) is 0. The van der Waals surface area contributed by atoms with Crippen molar-refractivity contribution in [2.75, 3.05) is 4.90 Å². The first kappa shape index (κ1) is 22.5. The number of carbonyl (C=O) groups excluding carboxylic acids is 1. The predicted octanol–water partition coefficient (Wildman–Crippen LogP) is 6.85. The molecule has 0 unspecified atom stereocenters. The van der Waals surface area contributed by atoms with Crippen LogP contribution in [0, 0.1) is 10.1 Å². The minimum atomic E-state index is -0.701. The summed E-state index contributed by atoms with van der Waals surface area (Å²) in [6.45, 7) is 5.61. The van der Waals surface area contributed by atoms with Crippen molar-refractivity contribution in [1.82, 2.24) is 4.98 Å². The number of nitrogens with zero attached hydrogens (tertiary/aromatic N) is 3. The molecule has 0 saturated carbocycles. The Hall–Kier alpha value is -2.20. The number of hydrogen-bond acceptors (Lipinski definition) is 7. The van der Waals surface area contributed by atoms with E-state index in [-0.39, 0.29) is 16.7 Å². The highest BCUT2D eigenvalue weighted by molar-refractivity contribution is 7.21. The number of carbonyl (C=O) groups is 1. The van der Waals surface area contributed by atoms with Gasteiger partial charge in [0.2, 0.25) is 6.20 Å². The van der Waals surface area contributed by atoms with Crippen LogP contribution in [-0.4, -0.2) is 21.6 Å². The second-order valence-electron chi connectivity index (χ2n) is 7.17. The van der Waals surface area contributed by atoms with E-state index in [1.54, 1.807) is 26.8 Å². The van der Waals surface area contributed by atoms with Crippen LogP contribution in [0.5, 0.6) is 0 Å². The smallest absolute Gasteiger partial charge is 0.415 e. The number of pyridine rings is 1. The summed E-state index contributed by atoms with van der Waals surface area (Å²) in [6.07, 6.45) is 1.55. The van der Waals surface area contributed by atoms with Crippen molar-refractivity contribution in [3.05, 3.63) is 59.8 Å². The molecule has 0 fully saturated rings. The van der Waals surface area contributed by atoms with Crippen LogP contribution in [0.1, 0.15) is 30.5 Å². The molecule has 0 spiro atoms.